The van der Waals surface area contributed by atoms with Crippen molar-refractivity contribution in [2.75, 3.05) is 27.2 Å². The molecule has 152 valence electrons. The largest absolute Gasteiger partial charge is 0.494 e. The Balaban J connectivity index is 2.26. The topological polar surface area (TPSA) is 94.7 Å². The Bertz CT molecular complexity index is 1050. The number of aromatic nitrogens is 1. The van der Waals surface area contributed by atoms with Crippen LogP contribution in [-0.2, 0) is 6.54 Å². The zero-order valence-corrected chi connectivity index (χ0v) is 17.3. The summed E-state index contributed by atoms with van der Waals surface area (Å²) in [7, 11) is 4.08. The Morgan fingerprint density at radius 3 is 2.72 bits per heavy atom. The van der Waals surface area contributed by atoms with Crippen molar-refractivity contribution in [3.8, 4) is 17.6 Å². The first-order chi connectivity index (χ1) is 13.9. The van der Waals surface area contributed by atoms with Crippen molar-refractivity contribution in [3.63, 3.8) is 0 Å². The van der Waals surface area contributed by atoms with E-state index in [1.165, 1.54) is 4.90 Å². The van der Waals surface area contributed by atoms with Crippen molar-refractivity contribution in [1.82, 2.24) is 4.57 Å². The summed E-state index contributed by atoms with van der Waals surface area (Å²) < 4.78 is 13.2. The molecule has 7 heteroatoms. The highest BCUT2D eigenvalue weighted by Gasteiger charge is 2.35. The van der Waals surface area contributed by atoms with E-state index in [1.807, 2.05) is 58.3 Å². The zero-order valence-electron chi connectivity index (χ0n) is 17.3. The Labute approximate surface area is 170 Å². The number of aryl methyl sites for hydroxylation is 1. The number of pyridine rings is 1. The Hall–Kier alpha value is -3.24. The van der Waals surface area contributed by atoms with E-state index in [0.29, 0.717) is 30.2 Å². The fourth-order valence-corrected chi connectivity index (χ4v) is 3.62. The molecule has 2 aromatic rings. The van der Waals surface area contributed by atoms with Crippen LogP contribution in [0.4, 0.5) is 0 Å². The molecule has 1 aliphatic rings. The minimum atomic E-state index is -0.641. The molecule has 3 N–H and O–H groups in total. The summed E-state index contributed by atoms with van der Waals surface area (Å²) in [6.45, 7) is 5.60. The summed E-state index contributed by atoms with van der Waals surface area (Å²) in [5.41, 5.74) is 8.06. The highest BCUT2D eigenvalue weighted by Crippen LogP contribution is 2.43. The second-order valence-corrected chi connectivity index (χ2v) is 7.37. The monoisotopic (exact) mass is 395 g/mol. The summed E-state index contributed by atoms with van der Waals surface area (Å²) in [6, 6.07) is 11.4. The molecule has 0 unspecified atom stereocenters. The molecular formula is C22H27N4O3+. The Morgan fingerprint density at radius 2 is 2.07 bits per heavy atom. The van der Waals surface area contributed by atoms with Crippen LogP contribution >= 0.6 is 0 Å². The number of allylic oxidation sites excluding steroid dienone is 1. The maximum Gasteiger partial charge on any atom is 0.258 e. The van der Waals surface area contributed by atoms with E-state index in [4.69, 9.17) is 15.2 Å². The number of ether oxygens (including phenoxy) is 2. The van der Waals surface area contributed by atoms with Crippen molar-refractivity contribution in [3.05, 3.63) is 69.0 Å². The average Bonchev–Trinajstić information content (AvgIpc) is 2.67. The first-order valence-electron chi connectivity index (χ1n) is 9.71. The molecule has 1 aromatic heterocycles. The molecule has 0 radical (unpaired) electrons. The maximum absolute atomic E-state index is 13.5. The quantitative estimate of drug-likeness (QED) is 0.758. The SMILES string of the molecule is CCOc1ccccc1[C@@H]1C(C#N)=C(N)Oc2cc(C)n(CC[NH+](C)C)c(=O)c21. The summed E-state index contributed by atoms with van der Waals surface area (Å²) in [5.74, 6) is 0.398. The van der Waals surface area contributed by atoms with Crippen molar-refractivity contribution >= 4 is 0 Å². The molecule has 7 nitrogen and oxygen atoms in total. The number of nitrogens with two attached hydrogens (primary N) is 1. The summed E-state index contributed by atoms with van der Waals surface area (Å²) >= 11 is 0. The molecule has 0 saturated heterocycles. The van der Waals surface area contributed by atoms with Crippen LogP contribution in [0.25, 0.3) is 0 Å². The zero-order chi connectivity index (χ0) is 21.1. The van der Waals surface area contributed by atoms with Crippen molar-refractivity contribution in [1.29, 1.82) is 5.26 Å². The molecule has 0 fully saturated rings. The molecule has 0 amide bonds. The van der Waals surface area contributed by atoms with Crippen molar-refractivity contribution < 1.29 is 14.4 Å². The first-order valence-corrected chi connectivity index (χ1v) is 9.71. The number of para-hydroxylation sites is 1. The van der Waals surface area contributed by atoms with Gasteiger partial charge in [-0.15, -0.1) is 0 Å². The van der Waals surface area contributed by atoms with Crippen LogP contribution < -0.4 is 25.7 Å². The third-order valence-electron chi connectivity index (χ3n) is 5.06. The predicted molar refractivity (Wildman–Crippen MR) is 110 cm³/mol. The summed E-state index contributed by atoms with van der Waals surface area (Å²) in [4.78, 5) is 14.8. The van der Waals surface area contributed by atoms with Crippen LogP contribution in [0.2, 0.25) is 0 Å². The number of nitrogens with one attached hydrogen (secondary N) is 1. The minimum Gasteiger partial charge on any atom is -0.494 e. The van der Waals surface area contributed by atoms with E-state index >= 15 is 0 Å². The van der Waals surface area contributed by atoms with Gasteiger partial charge in [0.1, 0.15) is 23.1 Å². The van der Waals surface area contributed by atoms with Gasteiger partial charge in [0.25, 0.3) is 5.56 Å². The molecule has 1 atom stereocenters. The molecule has 0 bridgehead atoms. The molecule has 2 heterocycles. The normalized spacial score (nSPS) is 15.7. The van der Waals surface area contributed by atoms with Gasteiger partial charge in [0.2, 0.25) is 5.88 Å². The number of hydrogen-bond acceptors (Lipinski definition) is 5. The second kappa shape index (κ2) is 8.41. The van der Waals surface area contributed by atoms with Crippen LogP contribution in [0.1, 0.15) is 29.7 Å². The van der Waals surface area contributed by atoms with Crippen LogP contribution in [-0.4, -0.2) is 31.8 Å². The van der Waals surface area contributed by atoms with Gasteiger partial charge in [-0.25, -0.2) is 0 Å². The van der Waals surface area contributed by atoms with E-state index in [2.05, 4.69) is 6.07 Å². The fraction of sp³-hybridized carbons (Fsp3) is 0.364. The number of nitriles is 1. The highest BCUT2D eigenvalue weighted by molar-refractivity contribution is 5.58. The van der Waals surface area contributed by atoms with Crippen LogP contribution in [0.15, 0.2) is 46.6 Å². The van der Waals surface area contributed by atoms with Gasteiger partial charge in [-0.05, 0) is 19.9 Å². The summed E-state index contributed by atoms with van der Waals surface area (Å²) in [6.07, 6.45) is 0. The molecule has 3 rings (SSSR count). The lowest BCUT2D eigenvalue weighted by atomic mass is 9.83. The van der Waals surface area contributed by atoms with E-state index in [9.17, 15) is 10.1 Å². The number of nitrogens with zero attached hydrogens (tertiary/aromatic N) is 2. The Morgan fingerprint density at radius 1 is 1.34 bits per heavy atom. The van der Waals surface area contributed by atoms with Gasteiger partial charge in [-0.2, -0.15) is 5.26 Å². The number of quaternary nitrogens is 1. The molecule has 0 saturated carbocycles. The first kappa shape index (κ1) is 20.5. The minimum absolute atomic E-state index is 0.0191. The number of hydrogen-bond donors (Lipinski definition) is 2. The van der Waals surface area contributed by atoms with Gasteiger partial charge in [0, 0.05) is 17.3 Å². The lowest BCUT2D eigenvalue weighted by Crippen LogP contribution is -3.06. The lowest BCUT2D eigenvalue weighted by molar-refractivity contribution is -0.858. The van der Waals surface area contributed by atoms with E-state index in [-0.39, 0.29) is 17.0 Å². The molecular weight excluding hydrogens is 368 g/mol. The van der Waals surface area contributed by atoms with Gasteiger partial charge in [-0.1, -0.05) is 18.2 Å². The molecule has 0 aliphatic carbocycles. The van der Waals surface area contributed by atoms with Crippen LogP contribution in [0.5, 0.6) is 11.5 Å². The van der Waals surface area contributed by atoms with E-state index in [1.54, 1.807) is 4.57 Å². The number of rotatable bonds is 6. The highest BCUT2D eigenvalue weighted by atomic mass is 16.5. The van der Waals surface area contributed by atoms with Crippen LogP contribution in [0.3, 0.4) is 0 Å². The standard InChI is InChI=1S/C22H26N4O3/c1-5-28-17-9-7-6-8-15(17)19-16(13-23)21(24)29-18-12-14(2)26(11-10-25(3)4)22(27)20(18)19/h6-9,12,19H,5,10-11,24H2,1-4H3/p+1/t19-/m1/s1. The van der Waals surface area contributed by atoms with Crippen molar-refractivity contribution in [2.24, 2.45) is 5.73 Å². The van der Waals surface area contributed by atoms with Gasteiger partial charge < -0.3 is 24.7 Å². The predicted octanol–water partition coefficient (Wildman–Crippen LogP) is 0.918. The van der Waals surface area contributed by atoms with Gasteiger partial charge in [-0.3, -0.25) is 4.79 Å². The van der Waals surface area contributed by atoms with Gasteiger partial charge >= 0.3 is 0 Å². The van der Waals surface area contributed by atoms with E-state index < -0.39 is 5.92 Å². The summed E-state index contributed by atoms with van der Waals surface area (Å²) in [5, 5.41) is 9.81. The number of likely N-dealkylation sites (N-methyl/N-ethyl adjacent to an activating group) is 1. The number of fused-ring (bicyclic) bond motifs is 1. The third kappa shape index (κ3) is 3.84. The van der Waals surface area contributed by atoms with Crippen LogP contribution in [0, 0.1) is 18.3 Å². The molecule has 1 aromatic carbocycles. The lowest BCUT2D eigenvalue weighted by Gasteiger charge is -2.28. The smallest absolute Gasteiger partial charge is 0.258 e. The molecule has 0 spiro atoms. The van der Waals surface area contributed by atoms with Gasteiger partial charge in [0.15, 0.2) is 0 Å². The fourth-order valence-electron chi connectivity index (χ4n) is 3.62. The average molecular weight is 395 g/mol. The van der Waals surface area contributed by atoms with Crippen molar-refractivity contribution in [2.45, 2.75) is 26.3 Å². The van der Waals surface area contributed by atoms with E-state index in [0.717, 1.165) is 17.8 Å². The third-order valence-corrected chi connectivity index (χ3v) is 5.06. The second-order valence-electron chi connectivity index (χ2n) is 7.37. The van der Waals surface area contributed by atoms with Gasteiger partial charge in [0.05, 0.1) is 45.3 Å². The molecule has 29 heavy (non-hydrogen) atoms. The Kier molecular flexibility index (Phi) is 5.95. The molecule has 1 aliphatic heterocycles. The number of benzene rings is 1. The maximum atomic E-state index is 13.5.